The highest BCUT2D eigenvalue weighted by Gasteiger charge is 2.33. The molecule has 3 amide bonds. The van der Waals surface area contributed by atoms with Crippen molar-refractivity contribution in [2.24, 2.45) is 0 Å². The van der Waals surface area contributed by atoms with Gasteiger partial charge in [0.25, 0.3) is 0 Å². The van der Waals surface area contributed by atoms with Gasteiger partial charge in [-0.1, -0.05) is 40.2 Å². The number of fused-ring (bicyclic) bond motifs is 1. The molecule has 1 fully saturated rings. The quantitative estimate of drug-likeness (QED) is 0.605. The number of nitrogens with zero attached hydrogens (tertiary/aromatic N) is 3. The fourth-order valence-electron chi connectivity index (χ4n) is 3.34. The van der Waals surface area contributed by atoms with Crippen molar-refractivity contribution >= 4 is 44.3 Å². The molecule has 1 aliphatic rings. The van der Waals surface area contributed by atoms with Crippen LogP contribution in [0.15, 0.2) is 59.3 Å². The molecule has 142 valence electrons. The fraction of sp³-hybridized carbons (Fsp3) is 0.190. The molecule has 0 N–H and O–H groups in total. The van der Waals surface area contributed by atoms with Crippen molar-refractivity contribution in [3.63, 3.8) is 0 Å². The Labute approximate surface area is 170 Å². The van der Waals surface area contributed by atoms with Gasteiger partial charge in [0.2, 0.25) is 5.91 Å². The molecule has 0 saturated carbocycles. The number of carbonyl (C=O) groups is 2. The lowest BCUT2D eigenvalue weighted by molar-refractivity contribution is -0.129. The molecule has 4 rings (SSSR count). The maximum atomic E-state index is 13.2. The zero-order valence-corrected chi connectivity index (χ0v) is 16.8. The average molecular weight is 440 g/mol. The predicted molar refractivity (Wildman–Crippen MR) is 110 cm³/mol. The largest absolute Gasteiger partial charge is 0.497 e. The number of imide groups is 1. The van der Waals surface area contributed by atoms with Gasteiger partial charge in [-0.25, -0.2) is 4.79 Å². The molecule has 0 atom stereocenters. The van der Waals surface area contributed by atoms with Gasteiger partial charge >= 0.3 is 6.03 Å². The topological polar surface area (TPSA) is 62.7 Å². The Bertz CT molecular complexity index is 1050. The van der Waals surface area contributed by atoms with Gasteiger partial charge in [-0.15, -0.1) is 0 Å². The third-order valence-electron chi connectivity index (χ3n) is 4.83. The number of benzene rings is 2. The standard InChI is InChI=1S/C21H18BrN3O3/c1-28-15-7-5-14(6-8-15)13-25-20(26)9-10-24(21(25)27)19-12-23-11-17-16(19)3-2-4-18(17)22/h2-8,11-12H,9-10,13H2,1H3. The molecule has 1 saturated heterocycles. The Hall–Kier alpha value is -2.93. The zero-order valence-electron chi connectivity index (χ0n) is 15.3. The Morgan fingerprint density at radius 3 is 2.61 bits per heavy atom. The summed E-state index contributed by atoms with van der Waals surface area (Å²) in [5, 5.41) is 1.84. The number of aromatic nitrogens is 1. The molecular weight excluding hydrogens is 422 g/mol. The summed E-state index contributed by atoms with van der Waals surface area (Å²) < 4.78 is 6.07. The van der Waals surface area contributed by atoms with Crippen LogP contribution < -0.4 is 9.64 Å². The highest BCUT2D eigenvalue weighted by molar-refractivity contribution is 9.10. The molecule has 1 aromatic heterocycles. The first kappa shape index (κ1) is 18.4. The molecule has 2 heterocycles. The predicted octanol–water partition coefficient (Wildman–Crippen LogP) is 4.36. The SMILES string of the molecule is COc1ccc(CN2C(=O)CCN(c3cncc4c(Br)cccc34)C2=O)cc1. The van der Waals surface area contributed by atoms with Crippen LogP contribution in [-0.2, 0) is 11.3 Å². The van der Waals surface area contributed by atoms with E-state index in [1.165, 1.54) is 4.90 Å². The van der Waals surface area contributed by atoms with E-state index in [0.717, 1.165) is 26.6 Å². The highest BCUT2D eigenvalue weighted by atomic mass is 79.9. The number of amides is 3. The number of hydrogen-bond donors (Lipinski definition) is 0. The Morgan fingerprint density at radius 1 is 1.07 bits per heavy atom. The third kappa shape index (κ3) is 3.33. The van der Waals surface area contributed by atoms with E-state index in [-0.39, 0.29) is 24.9 Å². The lowest BCUT2D eigenvalue weighted by Crippen LogP contribution is -2.52. The zero-order chi connectivity index (χ0) is 19.7. The number of anilines is 1. The van der Waals surface area contributed by atoms with Crippen LogP contribution in [0.5, 0.6) is 5.75 Å². The van der Waals surface area contributed by atoms with Gasteiger partial charge in [-0.2, -0.15) is 0 Å². The van der Waals surface area contributed by atoms with E-state index in [4.69, 9.17) is 4.74 Å². The maximum Gasteiger partial charge on any atom is 0.331 e. The molecule has 0 aliphatic carbocycles. The van der Waals surface area contributed by atoms with Gasteiger partial charge in [-0.05, 0) is 23.8 Å². The number of urea groups is 1. The van der Waals surface area contributed by atoms with Crippen LogP contribution in [0.3, 0.4) is 0 Å². The number of carbonyl (C=O) groups excluding carboxylic acids is 2. The minimum atomic E-state index is -0.332. The van der Waals surface area contributed by atoms with E-state index in [0.29, 0.717) is 12.2 Å². The maximum absolute atomic E-state index is 13.2. The van der Waals surface area contributed by atoms with Crippen molar-refractivity contribution < 1.29 is 14.3 Å². The third-order valence-corrected chi connectivity index (χ3v) is 5.52. The van der Waals surface area contributed by atoms with E-state index in [2.05, 4.69) is 20.9 Å². The summed E-state index contributed by atoms with van der Waals surface area (Å²) in [6.45, 7) is 0.560. The number of pyridine rings is 1. The lowest BCUT2D eigenvalue weighted by Gasteiger charge is -2.34. The lowest BCUT2D eigenvalue weighted by atomic mass is 10.1. The summed E-state index contributed by atoms with van der Waals surface area (Å²) in [6, 6.07) is 12.8. The van der Waals surface area contributed by atoms with Crippen LogP contribution in [-0.4, -0.2) is 35.5 Å². The van der Waals surface area contributed by atoms with Crippen molar-refractivity contribution in [3.05, 3.63) is 64.9 Å². The van der Waals surface area contributed by atoms with Crippen LogP contribution in [0.2, 0.25) is 0 Å². The Kier molecular flexibility index (Phi) is 5.00. The Morgan fingerprint density at radius 2 is 1.86 bits per heavy atom. The van der Waals surface area contributed by atoms with Crippen LogP contribution in [0.4, 0.5) is 10.5 Å². The van der Waals surface area contributed by atoms with Crippen molar-refractivity contribution in [3.8, 4) is 5.75 Å². The van der Waals surface area contributed by atoms with Crippen LogP contribution >= 0.6 is 15.9 Å². The fourth-order valence-corrected chi connectivity index (χ4v) is 3.81. The van der Waals surface area contributed by atoms with Crippen molar-refractivity contribution in [1.29, 1.82) is 0 Å². The molecule has 2 aromatic carbocycles. The number of halogens is 1. The van der Waals surface area contributed by atoms with Crippen molar-refractivity contribution in [2.45, 2.75) is 13.0 Å². The summed E-state index contributed by atoms with van der Waals surface area (Å²) in [4.78, 5) is 32.8. The molecule has 1 aliphatic heterocycles. The van der Waals surface area contributed by atoms with E-state index in [9.17, 15) is 9.59 Å². The van der Waals surface area contributed by atoms with E-state index >= 15 is 0 Å². The second-order valence-corrected chi connectivity index (χ2v) is 7.36. The van der Waals surface area contributed by atoms with Crippen LogP contribution in [0.1, 0.15) is 12.0 Å². The van der Waals surface area contributed by atoms with Gasteiger partial charge in [0.1, 0.15) is 5.75 Å². The summed E-state index contributed by atoms with van der Waals surface area (Å²) in [5.74, 6) is 0.556. The number of methoxy groups -OCH3 is 1. The van der Waals surface area contributed by atoms with Gasteiger partial charge in [0, 0.05) is 34.4 Å². The second-order valence-electron chi connectivity index (χ2n) is 6.51. The summed E-state index contributed by atoms with van der Waals surface area (Å²) in [7, 11) is 1.60. The minimum Gasteiger partial charge on any atom is -0.497 e. The number of hydrogen-bond acceptors (Lipinski definition) is 4. The first-order chi connectivity index (χ1) is 13.6. The first-order valence-corrected chi connectivity index (χ1v) is 9.65. The summed E-state index contributed by atoms with van der Waals surface area (Å²) >= 11 is 3.53. The van der Waals surface area contributed by atoms with Crippen molar-refractivity contribution in [1.82, 2.24) is 9.88 Å². The normalized spacial score (nSPS) is 14.6. The van der Waals surface area contributed by atoms with Gasteiger partial charge in [-0.3, -0.25) is 19.6 Å². The van der Waals surface area contributed by atoms with E-state index < -0.39 is 0 Å². The van der Waals surface area contributed by atoms with Gasteiger partial charge < -0.3 is 4.74 Å². The van der Waals surface area contributed by atoms with E-state index in [1.807, 2.05) is 42.5 Å². The molecule has 0 unspecified atom stereocenters. The highest BCUT2D eigenvalue weighted by Crippen LogP contribution is 2.32. The smallest absolute Gasteiger partial charge is 0.331 e. The number of ether oxygens (including phenoxy) is 1. The van der Waals surface area contributed by atoms with Gasteiger partial charge in [0.05, 0.1) is 25.5 Å². The monoisotopic (exact) mass is 439 g/mol. The first-order valence-electron chi connectivity index (χ1n) is 8.85. The van der Waals surface area contributed by atoms with Crippen LogP contribution in [0, 0.1) is 0 Å². The van der Waals surface area contributed by atoms with Crippen molar-refractivity contribution in [2.75, 3.05) is 18.6 Å². The molecule has 28 heavy (non-hydrogen) atoms. The van der Waals surface area contributed by atoms with Gasteiger partial charge in [0.15, 0.2) is 0 Å². The molecule has 0 spiro atoms. The molecule has 6 nitrogen and oxygen atoms in total. The molecule has 7 heteroatoms. The average Bonchev–Trinajstić information content (AvgIpc) is 2.72. The molecular formula is C21H18BrN3O3. The second kappa shape index (κ2) is 7.59. The minimum absolute atomic E-state index is 0.175. The van der Waals surface area contributed by atoms with Crippen LogP contribution in [0.25, 0.3) is 10.8 Å². The molecule has 0 radical (unpaired) electrons. The molecule has 3 aromatic rings. The Balaban J connectivity index is 1.66. The summed E-state index contributed by atoms with van der Waals surface area (Å²) in [5.41, 5.74) is 1.57. The molecule has 0 bridgehead atoms. The van der Waals surface area contributed by atoms with E-state index in [1.54, 1.807) is 24.4 Å². The summed E-state index contributed by atoms with van der Waals surface area (Å²) in [6.07, 6.45) is 3.71. The number of rotatable bonds is 4.